The highest BCUT2D eigenvalue weighted by molar-refractivity contribution is 7.10. The Morgan fingerprint density at radius 3 is 2.50 bits per heavy atom. The number of aromatic nitrogens is 2. The monoisotopic (exact) mass is 373 g/mol. The van der Waals surface area contributed by atoms with Gasteiger partial charge in [-0.15, -0.1) is 5.10 Å². The van der Waals surface area contributed by atoms with Crippen molar-refractivity contribution in [3.8, 4) is 11.3 Å². The van der Waals surface area contributed by atoms with Gasteiger partial charge in [-0.05, 0) is 18.9 Å². The fraction of sp³-hybridized carbons (Fsp3) is 0.444. The van der Waals surface area contributed by atoms with Crippen molar-refractivity contribution >= 4 is 28.3 Å². The predicted octanol–water partition coefficient (Wildman–Crippen LogP) is 1.99. The van der Waals surface area contributed by atoms with Gasteiger partial charge in [-0.2, -0.15) is 0 Å². The zero-order chi connectivity index (χ0) is 18.9. The molecular weight excluding hydrogens is 350 g/mol. The van der Waals surface area contributed by atoms with Crippen molar-refractivity contribution in [1.29, 1.82) is 0 Å². The Morgan fingerprint density at radius 2 is 1.92 bits per heavy atom. The lowest BCUT2D eigenvalue weighted by Crippen LogP contribution is -2.52. The van der Waals surface area contributed by atoms with E-state index in [9.17, 15) is 9.59 Å². The number of hydrogen-bond acceptors (Lipinski definition) is 6. The van der Waals surface area contributed by atoms with Gasteiger partial charge in [-0.1, -0.05) is 48.7 Å². The summed E-state index contributed by atoms with van der Waals surface area (Å²) >= 11 is 1.14. The zero-order valence-electron chi connectivity index (χ0n) is 15.4. The van der Waals surface area contributed by atoms with E-state index in [1.807, 2.05) is 44.2 Å². The van der Waals surface area contributed by atoms with E-state index in [0.29, 0.717) is 17.1 Å². The second kappa shape index (κ2) is 6.77. The molecule has 0 bridgehead atoms. The summed E-state index contributed by atoms with van der Waals surface area (Å²) in [4.78, 5) is 27.1. The molecule has 1 unspecified atom stereocenters. The second-order valence-corrected chi connectivity index (χ2v) is 7.93. The first kappa shape index (κ1) is 18.5. The Balaban J connectivity index is 1.86. The Morgan fingerprint density at radius 1 is 1.27 bits per heavy atom. The van der Waals surface area contributed by atoms with Crippen molar-refractivity contribution in [3.63, 3.8) is 0 Å². The third-order valence-corrected chi connectivity index (χ3v) is 5.75. The quantitative estimate of drug-likeness (QED) is 0.809. The number of nitrogens with zero attached hydrogens (tertiary/aromatic N) is 3. The molecule has 0 spiro atoms. The first-order valence-electron chi connectivity index (χ1n) is 8.44. The molecule has 1 aliphatic rings. The molecule has 1 fully saturated rings. The molecule has 2 amide bonds. The van der Waals surface area contributed by atoms with Crippen LogP contribution in [0.4, 0.5) is 5.00 Å². The molecule has 1 atom stereocenters. The van der Waals surface area contributed by atoms with Gasteiger partial charge in [0.2, 0.25) is 5.91 Å². The van der Waals surface area contributed by atoms with E-state index in [-0.39, 0.29) is 23.8 Å². The molecular formula is C18H23N5O2S. The molecule has 0 saturated heterocycles. The van der Waals surface area contributed by atoms with E-state index < -0.39 is 5.54 Å². The van der Waals surface area contributed by atoms with Crippen LogP contribution in [0.3, 0.4) is 0 Å². The number of hydrogen-bond donors (Lipinski definition) is 2. The highest BCUT2D eigenvalue weighted by Crippen LogP contribution is 2.59. The van der Waals surface area contributed by atoms with Crippen LogP contribution in [0, 0.1) is 5.41 Å². The number of carbonyl (C=O) groups is 2. The lowest BCUT2D eigenvalue weighted by molar-refractivity contribution is -0.139. The number of nitrogens with one attached hydrogen (secondary N) is 2. The normalized spacial score (nSPS) is 20.5. The molecule has 0 aliphatic heterocycles. The maximum absolute atomic E-state index is 13.2. The first-order valence-corrected chi connectivity index (χ1v) is 9.21. The van der Waals surface area contributed by atoms with Crippen LogP contribution in [0.1, 0.15) is 20.3 Å². The number of likely N-dealkylation sites (N-methyl/N-ethyl adjacent to an activating group) is 2. The SMILES string of the molecule is CNCC(=O)N(C)C1(C(=O)Nc2snnc2-c2ccccc2)CC1(C)C. The van der Waals surface area contributed by atoms with Crippen LogP contribution in [0.25, 0.3) is 11.3 Å². The maximum Gasteiger partial charge on any atom is 0.251 e. The summed E-state index contributed by atoms with van der Waals surface area (Å²) in [7, 11) is 3.41. The van der Waals surface area contributed by atoms with Crippen molar-refractivity contribution in [2.24, 2.45) is 5.41 Å². The van der Waals surface area contributed by atoms with Gasteiger partial charge < -0.3 is 15.5 Å². The van der Waals surface area contributed by atoms with Crippen molar-refractivity contribution < 1.29 is 9.59 Å². The summed E-state index contributed by atoms with van der Waals surface area (Å²) in [5.41, 5.74) is 0.376. The van der Waals surface area contributed by atoms with Crippen LogP contribution in [-0.2, 0) is 9.59 Å². The zero-order valence-corrected chi connectivity index (χ0v) is 16.2. The smallest absolute Gasteiger partial charge is 0.251 e. The molecule has 1 aromatic heterocycles. The average Bonchev–Trinajstić information content (AvgIpc) is 2.97. The molecule has 2 aromatic rings. The van der Waals surface area contributed by atoms with Crippen molar-refractivity contribution in [3.05, 3.63) is 30.3 Å². The van der Waals surface area contributed by atoms with E-state index in [2.05, 4.69) is 20.2 Å². The maximum atomic E-state index is 13.2. The van der Waals surface area contributed by atoms with Gasteiger partial charge in [0, 0.05) is 24.1 Å². The number of anilines is 1. The number of carbonyl (C=O) groups excluding carboxylic acids is 2. The number of benzene rings is 1. The van der Waals surface area contributed by atoms with Gasteiger partial charge >= 0.3 is 0 Å². The van der Waals surface area contributed by atoms with E-state index in [1.54, 1.807) is 19.0 Å². The van der Waals surface area contributed by atoms with E-state index in [1.165, 1.54) is 0 Å². The Kier molecular flexibility index (Phi) is 4.81. The number of rotatable bonds is 6. The van der Waals surface area contributed by atoms with Gasteiger partial charge in [-0.3, -0.25) is 9.59 Å². The summed E-state index contributed by atoms with van der Waals surface area (Å²) < 4.78 is 3.99. The minimum absolute atomic E-state index is 0.112. The van der Waals surface area contributed by atoms with Crippen LogP contribution in [0.15, 0.2) is 30.3 Å². The summed E-state index contributed by atoms with van der Waals surface area (Å²) in [6, 6.07) is 9.59. The van der Waals surface area contributed by atoms with Crippen LogP contribution >= 0.6 is 11.5 Å². The molecule has 0 radical (unpaired) electrons. The highest BCUT2D eigenvalue weighted by Gasteiger charge is 2.70. The molecule has 3 rings (SSSR count). The lowest BCUT2D eigenvalue weighted by Gasteiger charge is -2.30. The second-order valence-electron chi connectivity index (χ2n) is 7.17. The Bertz CT molecular complexity index is 820. The van der Waals surface area contributed by atoms with Crippen molar-refractivity contribution in [2.45, 2.75) is 25.8 Å². The van der Waals surface area contributed by atoms with Crippen LogP contribution in [0.5, 0.6) is 0 Å². The molecule has 1 heterocycles. The molecule has 1 aromatic carbocycles. The number of amides is 2. The third-order valence-electron chi connectivity index (χ3n) is 5.11. The minimum Gasteiger partial charge on any atom is -0.329 e. The van der Waals surface area contributed by atoms with Gasteiger partial charge in [0.1, 0.15) is 16.2 Å². The predicted molar refractivity (Wildman–Crippen MR) is 102 cm³/mol. The molecule has 138 valence electrons. The summed E-state index contributed by atoms with van der Waals surface area (Å²) in [6.07, 6.45) is 0.616. The fourth-order valence-corrected chi connectivity index (χ4v) is 4.04. The van der Waals surface area contributed by atoms with Crippen LogP contribution < -0.4 is 10.6 Å². The van der Waals surface area contributed by atoms with E-state index in [0.717, 1.165) is 17.1 Å². The minimum atomic E-state index is -0.862. The molecule has 8 heteroatoms. The molecule has 1 saturated carbocycles. The van der Waals surface area contributed by atoms with Gasteiger partial charge in [-0.25, -0.2) is 0 Å². The van der Waals surface area contributed by atoms with Gasteiger partial charge in [0.15, 0.2) is 0 Å². The van der Waals surface area contributed by atoms with Crippen LogP contribution in [-0.4, -0.2) is 52.5 Å². The molecule has 26 heavy (non-hydrogen) atoms. The van der Waals surface area contributed by atoms with Crippen molar-refractivity contribution in [1.82, 2.24) is 19.8 Å². The first-order chi connectivity index (χ1) is 12.3. The molecule has 2 N–H and O–H groups in total. The van der Waals surface area contributed by atoms with E-state index >= 15 is 0 Å². The van der Waals surface area contributed by atoms with Gasteiger partial charge in [0.25, 0.3) is 5.91 Å². The topological polar surface area (TPSA) is 87.2 Å². The standard InChI is InChI=1S/C18H23N5O2S/c1-17(2)11-18(17,23(4)13(24)10-19-3)16(25)20-15-14(21-22-26-15)12-8-6-5-7-9-12/h5-9,19H,10-11H2,1-4H3,(H,20,25). The van der Waals surface area contributed by atoms with Crippen molar-refractivity contribution in [2.75, 3.05) is 26.0 Å². The summed E-state index contributed by atoms with van der Waals surface area (Å²) in [5.74, 6) is -0.309. The fourth-order valence-electron chi connectivity index (χ4n) is 3.45. The molecule has 1 aliphatic carbocycles. The Hall–Kier alpha value is -2.32. The van der Waals surface area contributed by atoms with Crippen LogP contribution in [0.2, 0.25) is 0 Å². The van der Waals surface area contributed by atoms with E-state index in [4.69, 9.17) is 0 Å². The highest BCUT2D eigenvalue weighted by atomic mass is 32.1. The average molecular weight is 373 g/mol. The third kappa shape index (κ3) is 2.99. The largest absolute Gasteiger partial charge is 0.329 e. The molecule has 7 nitrogen and oxygen atoms in total. The lowest BCUT2D eigenvalue weighted by atomic mass is 10.0. The van der Waals surface area contributed by atoms with Gasteiger partial charge in [0.05, 0.1) is 6.54 Å². The summed E-state index contributed by atoms with van der Waals surface area (Å²) in [5, 5.41) is 10.6. The summed E-state index contributed by atoms with van der Waals surface area (Å²) in [6.45, 7) is 4.19. The Labute approximate surface area is 157 Å².